The molecule has 0 aliphatic heterocycles. The van der Waals surface area contributed by atoms with Crippen LogP contribution >= 0.6 is 0 Å². The topological polar surface area (TPSA) is 26.0 Å². The van der Waals surface area contributed by atoms with Crippen molar-refractivity contribution in [2.75, 3.05) is 0 Å². The Morgan fingerprint density at radius 1 is 1.00 bits per heavy atom. The molecule has 5 heteroatoms. The van der Waals surface area contributed by atoms with Crippen molar-refractivity contribution in [3.63, 3.8) is 0 Å². The van der Waals surface area contributed by atoms with E-state index in [1.54, 1.807) is 6.07 Å². The molecule has 0 aliphatic carbocycles. The zero-order valence-electron chi connectivity index (χ0n) is 5.80. The van der Waals surface area contributed by atoms with Crippen LogP contribution in [0.15, 0.2) is 0 Å². The molecule has 65 valence electrons. The zero-order chi connectivity index (χ0) is 9.30. The molecule has 0 bridgehead atoms. The Kier molecular flexibility index (Phi) is 2.32. The molecule has 0 aliphatic rings. The molecular formula is C7H4F4N. The third-order valence-corrected chi connectivity index (χ3v) is 1.31. The Labute approximate surface area is 65.8 Å². The van der Waals surface area contributed by atoms with E-state index in [0.717, 1.165) is 0 Å². The highest BCUT2D eigenvalue weighted by Crippen LogP contribution is 2.17. The molecule has 1 radical (unpaired) electrons. The van der Waals surface area contributed by atoms with Crippen LogP contribution in [0.5, 0.6) is 0 Å². The van der Waals surface area contributed by atoms with Crippen LogP contribution in [0.3, 0.4) is 0 Å². The van der Waals surface area contributed by atoms with Gasteiger partial charge in [-0.3, -0.25) is 0 Å². The number of benzene rings is 1. The summed E-state index contributed by atoms with van der Waals surface area (Å²) < 4.78 is 49.5. The number of rotatable bonds is 1. The second-order valence-corrected chi connectivity index (χ2v) is 2.06. The Morgan fingerprint density at radius 2 is 1.58 bits per heavy atom. The lowest BCUT2D eigenvalue weighted by atomic mass is 10.2. The molecule has 0 spiro atoms. The van der Waals surface area contributed by atoms with Gasteiger partial charge in [0.05, 0.1) is 0 Å². The summed E-state index contributed by atoms with van der Waals surface area (Å²) >= 11 is 0. The van der Waals surface area contributed by atoms with Gasteiger partial charge in [0.25, 0.3) is 0 Å². The minimum Gasteiger partial charge on any atom is -0.326 e. The molecule has 1 aromatic rings. The average molecular weight is 178 g/mol. The van der Waals surface area contributed by atoms with E-state index < -0.39 is 35.4 Å². The van der Waals surface area contributed by atoms with E-state index in [4.69, 9.17) is 5.73 Å². The monoisotopic (exact) mass is 178 g/mol. The van der Waals surface area contributed by atoms with Crippen molar-refractivity contribution in [3.05, 3.63) is 34.9 Å². The third kappa shape index (κ3) is 1.27. The highest BCUT2D eigenvalue weighted by Gasteiger charge is 2.17. The van der Waals surface area contributed by atoms with Gasteiger partial charge < -0.3 is 5.73 Å². The summed E-state index contributed by atoms with van der Waals surface area (Å²) in [7, 11) is 0. The first-order valence-corrected chi connectivity index (χ1v) is 3.02. The number of hydrogen-bond acceptors (Lipinski definition) is 1. The summed E-state index contributed by atoms with van der Waals surface area (Å²) in [6.45, 7) is -0.431. The lowest BCUT2D eigenvalue weighted by Gasteiger charge is -2.01. The molecule has 0 heterocycles. The first-order valence-electron chi connectivity index (χ1n) is 3.02. The summed E-state index contributed by atoms with van der Waals surface area (Å²) in [6.07, 6.45) is 0. The maximum atomic E-state index is 12.5. The summed E-state index contributed by atoms with van der Waals surface area (Å²) in [5, 5.41) is 0. The number of nitrogens with two attached hydrogens (primary N) is 1. The fraction of sp³-hybridized carbons (Fsp3) is 0.143. The SMILES string of the molecule is NCc1[c]c(F)c(F)c(F)c1F. The largest absolute Gasteiger partial charge is 0.326 e. The molecule has 0 fully saturated rings. The summed E-state index contributed by atoms with van der Waals surface area (Å²) in [5.74, 6) is -6.78. The van der Waals surface area contributed by atoms with Crippen LogP contribution in [0.2, 0.25) is 0 Å². The molecule has 1 rings (SSSR count). The van der Waals surface area contributed by atoms with Crippen LogP contribution in [0.25, 0.3) is 0 Å². The number of hydrogen-bond donors (Lipinski definition) is 1. The Morgan fingerprint density at radius 3 is 2.08 bits per heavy atom. The second-order valence-electron chi connectivity index (χ2n) is 2.06. The average Bonchev–Trinajstić information content (AvgIpc) is 2.08. The minimum atomic E-state index is -1.87. The molecule has 0 amide bonds. The van der Waals surface area contributed by atoms with Gasteiger partial charge >= 0.3 is 0 Å². The van der Waals surface area contributed by atoms with Gasteiger partial charge in [0.15, 0.2) is 23.3 Å². The van der Waals surface area contributed by atoms with Crippen molar-refractivity contribution < 1.29 is 17.6 Å². The third-order valence-electron chi connectivity index (χ3n) is 1.31. The predicted molar refractivity (Wildman–Crippen MR) is 33.0 cm³/mol. The maximum absolute atomic E-state index is 12.5. The van der Waals surface area contributed by atoms with Gasteiger partial charge in [0.2, 0.25) is 0 Å². The molecule has 0 saturated carbocycles. The first kappa shape index (κ1) is 8.99. The maximum Gasteiger partial charge on any atom is 0.198 e. The van der Waals surface area contributed by atoms with Crippen LogP contribution in [0, 0.1) is 29.3 Å². The molecule has 0 saturated heterocycles. The van der Waals surface area contributed by atoms with Gasteiger partial charge in [-0.2, -0.15) is 0 Å². The van der Waals surface area contributed by atoms with Gasteiger partial charge in [-0.15, -0.1) is 0 Å². The van der Waals surface area contributed by atoms with E-state index in [-0.39, 0.29) is 0 Å². The van der Waals surface area contributed by atoms with E-state index >= 15 is 0 Å². The second kappa shape index (κ2) is 3.10. The van der Waals surface area contributed by atoms with Crippen LogP contribution in [-0.4, -0.2) is 0 Å². The van der Waals surface area contributed by atoms with Crippen LogP contribution in [-0.2, 0) is 6.54 Å². The molecular weight excluding hydrogens is 174 g/mol. The smallest absolute Gasteiger partial charge is 0.198 e. The van der Waals surface area contributed by atoms with Gasteiger partial charge in [-0.05, 0) is 0 Å². The zero-order valence-corrected chi connectivity index (χ0v) is 5.80. The molecule has 1 aromatic carbocycles. The van der Waals surface area contributed by atoms with Gasteiger partial charge in [-0.1, -0.05) is 0 Å². The normalized spacial score (nSPS) is 10.4. The molecule has 1 nitrogen and oxygen atoms in total. The lowest BCUT2D eigenvalue weighted by Crippen LogP contribution is -2.06. The van der Waals surface area contributed by atoms with Crippen molar-refractivity contribution in [1.29, 1.82) is 0 Å². The summed E-state index contributed by atoms with van der Waals surface area (Å²) in [6, 6.07) is 1.65. The molecule has 0 unspecified atom stereocenters. The highest BCUT2D eigenvalue weighted by atomic mass is 19.2. The van der Waals surface area contributed by atoms with E-state index in [1.807, 2.05) is 0 Å². The van der Waals surface area contributed by atoms with Gasteiger partial charge in [-0.25, -0.2) is 17.6 Å². The van der Waals surface area contributed by atoms with Crippen molar-refractivity contribution in [3.8, 4) is 0 Å². The Hall–Kier alpha value is -1.10. The molecule has 12 heavy (non-hydrogen) atoms. The standard InChI is InChI=1S/C7H4F4N/c8-4-1-3(2-12)5(9)7(11)6(4)10/h2,12H2. The quantitative estimate of drug-likeness (QED) is 0.393. The van der Waals surface area contributed by atoms with E-state index in [2.05, 4.69) is 0 Å². The van der Waals surface area contributed by atoms with E-state index in [1.165, 1.54) is 0 Å². The van der Waals surface area contributed by atoms with Crippen LogP contribution in [0.1, 0.15) is 5.56 Å². The van der Waals surface area contributed by atoms with Gasteiger partial charge in [0.1, 0.15) is 0 Å². The van der Waals surface area contributed by atoms with Crippen molar-refractivity contribution in [2.45, 2.75) is 6.54 Å². The Bertz CT molecular complexity index is 311. The molecule has 0 atom stereocenters. The summed E-state index contributed by atoms with van der Waals surface area (Å²) in [4.78, 5) is 0. The highest BCUT2D eigenvalue weighted by molar-refractivity contribution is 5.19. The predicted octanol–water partition coefficient (Wildman–Crippen LogP) is 1.50. The first-order chi connectivity index (χ1) is 5.57. The number of halogens is 4. The van der Waals surface area contributed by atoms with Crippen LogP contribution in [0.4, 0.5) is 17.6 Å². The molecule has 0 aromatic heterocycles. The lowest BCUT2D eigenvalue weighted by molar-refractivity contribution is 0.403. The summed E-state index contributed by atoms with van der Waals surface area (Å²) in [5.41, 5.74) is 4.40. The van der Waals surface area contributed by atoms with E-state index in [9.17, 15) is 17.6 Å². The fourth-order valence-corrected chi connectivity index (χ4v) is 0.708. The fourth-order valence-electron chi connectivity index (χ4n) is 0.708. The van der Waals surface area contributed by atoms with Gasteiger partial charge in [0, 0.05) is 18.2 Å². The Balaban J connectivity index is 3.39. The van der Waals surface area contributed by atoms with E-state index in [0.29, 0.717) is 0 Å². The molecule has 2 N–H and O–H groups in total. The van der Waals surface area contributed by atoms with Crippen molar-refractivity contribution in [1.82, 2.24) is 0 Å². The van der Waals surface area contributed by atoms with Crippen LogP contribution < -0.4 is 5.73 Å². The minimum absolute atomic E-state index is 0.431. The van der Waals surface area contributed by atoms with Crippen molar-refractivity contribution in [2.24, 2.45) is 5.73 Å². The van der Waals surface area contributed by atoms with Crippen molar-refractivity contribution >= 4 is 0 Å².